The predicted octanol–water partition coefficient (Wildman–Crippen LogP) is 6.52. The number of aromatic nitrogens is 3. The molecule has 0 aliphatic carbocycles. The van der Waals surface area contributed by atoms with Crippen molar-refractivity contribution in [3.8, 4) is 17.5 Å². The number of nitrogens with zero attached hydrogens (tertiary/aromatic N) is 4. The molecule has 0 radical (unpaired) electrons. The lowest BCUT2D eigenvalue weighted by atomic mass is 9.98. The maximum atomic E-state index is 12.6. The van der Waals surface area contributed by atoms with Crippen LogP contribution >= 0.6 is 0 Å². The third-order valence-corrected chi connectivity index (χ3v) is 6.28. The number of nitriles is 1. The highest BCUT2D eigenvalue weighted by Gasteiger charge is 2.21. The van der Waals surface area contributed by atoms with Gasteiger partial charge < -0.3 is 14.2 Å². The van der Waals surface area contributed by atoms with Gasteiger partial charge in [-0.3, -0.25) is 0 Å². The van der Waals surface area contributed by atoms with Gasteiger partial charge in [-0.2, -0.15) is 5.26 Å². The Balaban J connectivity index is 1.53. The fourth-order valence-corrected chi connectivity index (χ4v) is 3.94. The van der Waals surface area contributed by atoms with Gasteiger partial charge in [0, 0.05) is 6.42 Å². The molecule has 0 bridgehead atoms. The average Bonchev–Trinajstić information content (AvgIpc) is 3.35. The largest absolute Gasteiger partial charge is 0.514 e. The highest BCUT2D eigenvalue weighted by atomic mass is 16.7. The van der Waals surface area contributed by atoms with Crippen molar-refractivity contribution < 1.29 is 23.8 Å². The summed E-state index contributed by atoms with van der Waals surface area (Å²) in [4.78, 5) is 26.3. The van der Waals surface area contributed by atoms with Gasteiger partial charge in [0.25, 0.3) is 0 Å². The van der Waals surface area contributed by atoms with Crippen molar-refractivity contribution in [2.45, 2.75) is 59.0 Å². The Bertz CT molecular complexity index is 1560. The topological polar surface area (TPSA) is 116 Å². The van der Waals surface area contributed by atoms with Crippen LogP contribution in [-0.4, -0.2) is 39.3 Å². The molecule has 0 amide bonds. The predicted molar refractivity (Wildman–Crippen MR) is 150 cm³/mol. The number of carbonyl (C=O) groups excluding carboxylic acids is 2. The molecule has 0 spiro atoms. The second-order valence-corrected chi connectivity index (χ2v) is 10.5. The lowest BCUT2D eigenvalue weighted by Gasteiger charge is -2.19. The van der Waals surface area contributed by atoms with E-state index in [1.165, 1.54) is 10.4 Å². The monoisotopic (exact) mass is 540 g/mol. The lowest BCUT2D eigenvalue weighted by Crippen LogP contribution is -2.26. The molecule has 9 nitrogen and oxygen atoms in total. The molecular formula is C31H32N4O5. The Labute approximate surface area is 233 Å². The molecule has 0 saturated heterocycles. The fourth-order valence-electron chi connectivity index (χ4n) is 3.94. The number of carbonyl (C=O) groups is 2. The van der Waals surface area contributed by atoms with Gasteiger partial charge in [-0.25, -0.2) is 9.59 Å². The fraction of sp³-hybridized carbons (Fsp3) is 0.323. The number of hydrogen-bond donors (Lipinski definition) is 0. The van der Waals surface area contributed by atoms with Crippen molar-refractivity contribution in [1.82, 2.24) is 15.0 Å². The van der Waals surface area contributed by atoms with Crippen molar-refractivity contribution >= 4 is 23.2 Å². The molecule has 40 heavy (non-hydrogen) atoms. The van der Waals surface area contributed by atoms with Crippen molar-refractivity contribution in [1.29, 1.82) is 5.26 Å². The van der Waals surface area contributed by atoms with Gasteiger partial charge >= 0.3 is 12.1 Å². The van der Waals surface area contributed by atoms with Crippen molar-refractivity contribution in [2.75, 3.05) is 6.61 Å². The van der Waals surface area contributed by atoms with E-state index in [0.717, 1.165) is 12.0 Å². The van der Waals surface area contributed by atoms with Crippen LogP contribution in [0.2, 0.25) is 0 Å². The second kappa shape index (κ2) is 12.0. The molecule has 0 saturated carbocycles. The molecule has 9 heteroatoms. The van der Waals surface area contributed by atoms with Gasteiger partial charge in [-0.05, 0) is 86.7 Å². The number of fused-ring (bicyclic) bond motifs is 1. The first-order valence-corrected chi connectivity index (χ1v) is 13.1. The molecule has 0 fully saturated rings. The van der Waals surface area contributed by atoms with Crippen LogP contribution in [0.3, 0.4) is 0 Å². The summed E-state index contributed by atoms with van der Waals surface area (Å²) in [5, 5.41) is 18.2. The third-order valence-electron chi connectivity index (χ3n) is 6.28. The Hall–Kier alpha value is -4.71. The highest BCUT2D eigenvalue weighted by molar-refractivity contribution is 5.89. The van der Waals surface area contributed by atoms with Crippen LogP contribution in [0, 0.1) is 11.3 Å². The minimum absolute atomic E-state index is 0.150. The first-order chi connectivity index (χ1) is 19.1. The SMILES string of the molecule is CCC(C)c1ccc(C(=O)OCCc2ccc(OC(=O)OC(C)(C)C)c(-n3nc4ccc(C#N)cc4n3)c2)cc1. The number of ether oxygens (including phenoxy) is 3. The zero-order valence-corrected chi connectivity index (χ0v) is 23.3. The molecule has 1 heterocycles. The van der Waals surface area contributed by atoms with Crippen LogP contribution in [0.1, 0.15) is 74.0 Å². The van der Waals surface area contributed by atoms with Crippen molar-refractivity contribution in [3.05, 3.63) is 82.9 Å². The molecule has 0 aliphatic heterocycles. The number of benzene rings is 3. The summed E-state index contributed by atoms with van der Waals surface area (Å²) in [6.45, 7) is 9.66. The Morgan fingerprint density at radius 3 is 2.40 bits per heavy atom. The third kappa shape index (κ3) is 7.03. The first kappa shape index (κ1) is 28.3. The standard InChI is InChI=1S/C31H32N4O5/c1-6-20(2)23-9-11-24(12-10-23)29(36)38-16-15-21-8-14-28(39-30(37)40-31(3,4)5)27(18-21)35-33-25-13-7-22(19-32)17-26(25)34-35/h7-14,17-18,20H,6,15-16H2,1-5H3. The summed E-state index contributed by atoms with van der Waals surface area (Å²) in [6, 6.07) is 19.7. The van der Waals surface area contributed by atoms with E-state index < -0.39 is 17.7 Å². The minimum atomic E-state index is -0.863. The summed E-state index contributed by atoms with van der Waals surface area (Å²) in [5.41, 5.74) is 3.69. The molecule has 206 valence electrons. The normalized spacial score (nSPS) is 12.0. The molecule has 0 N–H and O–H groups in total. The van der Waals surface area contributed by atoms with Gasteiger partial charge in [0.15, 0.2) is 5.75 Å². The molecule has 0 aliphatic rings. The zero-order chi connectivity index (χ0) is 28.9. The maximum absolute atomic E-state index is 12.6. The van der Waals surface area contributed by atoms with E-state index >= 15 is 0 Å². The van der Waals surface area contributed by atoms with E-state index in [0.29, 0.717) is 40.2 Å². The Morgan fingerprint density at radius 2 is 1.73 bits per heavy atom. The van der Waals surface area contributed by atoms with E-state index in [1.54, 1.807) is 69.3 Å². The average molecular weight is 541 g/mol. The van der Waals surface area contributed by atoms with E-state index in [1.807, 2.05) is 12.1 Å². The van der Waals surface area contributed by atoms with Crippen LogP contribution in [0.15, 0.2) is 60.7 Å². The van der Waals surface area contributed by atoms with E-state index in [4.69, 9.17) is 14.2 Å². The van der Waals surface area contributed by atoms with Crippen molar-refractivity contribution in [2.24, 2.45) is 0 Å². The van der Waals surface area contributed by atoms with E-state index in [2.05, 4.69) is 30.1 Å². The van der Waals surface area contributed by atoms with Crippen LogP contribution < -0.4 is 4.74 Å². The molecule has 1 unspecified atom stereocenters. The molecule has 4 aromatic rings. The van der Waals surface area contributed by atoms with Crippen molar-refractivity contribution in [3.63, 3.8) is 0 Å². The minimum Gasteiger partial charge on any atom is -0.462 e. The quantitative estimate of drug-likeness (QED) is 0.183. The highest BCUT2D eigenvalue weighted by Crippen LogP contribution is 2.27. The van der Waals surface area contributed by atoms with Crippen LogP contribution in [-0.2, 0) is 15.9 Å². The number of esters is 1. The number of hydrogen-bond acceptors (Lipinski definition) is 8. The summed E-state index contributed by atoms with van der Waals surface area (Å²) < 4.78 is 16.3. The lowest BCUT2D eigenvalue weighted by molar-refractivity contribution is 0.0205. The summed E-state index contributed by atoms with van der Waals surface area (Å²) >= 11 is 0. The van der Waals surface area contributed by atoms with Crippen LogP contribution in [0.4, 0.5) is 4.79 Å². The molecular weight excluding hydrogens is 508 g/mol. The molecule has 1 aromatic heterocycles. The summed E-state index contributed by atoms with van der Waals surface area (Å²) in [7, 11) is 0. The van der Waals surface area contributed by atoms with Gasteiger partial charge in [-0.15, -0.1) is 15.0 Å². The molecule has 3 aromatic carbocycles. The second-order valence-electron chi connectivity index (χ2n) is 10.5. The maximum Gasteiger partial charge on any atom is 0.514 e. The summed E-state index contributed by atoms with van der Waals surface area (Å²) in [6.07, 6.45) is 0.576. The number of rotatable bonds is 8. The van der Waals surface area contributed by atoms with Crippen LogP contribution in [0.5, 0.6) is 5.75 Å². The van der Waals surface area contributed by atoms with Crippen LogP contribution in [0.25, 0.3) is 16.7 Å². The first-order valence-electron chi connectivity index (χ1n) is 13.1. The van der Waals surface area contributed by atoms with Gasteiger partial charge in [0.1, 0.15) is 22.3 Å². The summed E-state index contributed by atoms with van der Waals surface area (Å²) in [5.74, 6) is 0.225. The van der Waals surface area contributed by atoms with Gasteiger partial charge in [0.05, 0.1) is 23.8 Å². The smallest absolute Gasteiger partial charge is 0.462 e. The Kier molecular flexibility index (Phi) is 8.49. The Morgan fingerprint density at radius 1 is 1.00 bits per heavy atom. The van der Waals surface area contributed by atoms with E-state index in [9.17, 15) is 14.9 Å². The molecule has 4 rings (SSSR count). The molecule has 1 atom stereocenters. The van der Waals surface area contributed by atoms with E-state index in [-0.39, 0.29) is 12.4 Å². The zero-order valence-electron chi connectivity index (χ0n) is 23.3. The van der Waals surface area contributed by atoms with Gasteiger partial charge in [0.2, 0.25) is 0 Å². The van der Waals surface area contributed by atoms with Gasteiger partial charge in [-0.1, -0.05) is 32.0 Å².